The van der Waals surface area contributed by atoms with Gasteiger partial charge in [-0.05, 0) is 32.9 Å². The van der Waals surface area contributed by atoms with Crippen LogP contribution in [0.4, 0.5) is 16.2 Å². The lowest BCUT2D eigenvalue weighted by Gasteiger charge is -2.18. The van der Waals surface area contributed by atoms with Crippen LogP contribution in [0.5, 0.6) is 5.75 Å². The van der Waals surface area contributed by atoms with E-state index in [2.05, 4.69) is 15.4 Å². The van der Waals surface area contributed by atoms with Gasteiger partial charge in [0.1, 0.15) is 5.75 Å². The van der Waals surface area contributed by atoms with E-state index in [0.29, 0.717) is 39.6 Å². The van der Waals surface area contributed by atoms with Crippen molar-refractivity contribution in [3.63, 3.8) is 0 Å². The molecule has 0 saturated carbocycles. The van der Waals surface area contributed by atoms with Gasteiger partial charge in [-0.1, -0.05) is 17.7 Å². The highest BCUT2D eigenvalue weighted by atomic mass is 35.5. The summed E-state index contributed by atoms with van der Waals surface area (Å²) in [5, 5.41) is 7.87. The standard InChI is InChI=1S/C19H20ClN5O3/c1-11(2)28-14-7-5-6-13(8-14)25(10-26)19(27)22-15-9-21-18-16(17(15)20)12(3)23-24(18)4/h5-11H,1-4H3,(H,22,27). The highest BCUT2D eigenvalue weighted by Crippen LogP contribution is 2.32. The Morgan fingerprint density at radius 2 is 2.14 bits per heavy atom. The first kappa shape index (κ1) is 19.6. The molecule has 3 aromatic rings. The van der Waals surface area contributed by atoms with Gasteiger partial charge in [0.15, 0.2) is 5.65 Å². The molecule has 0 unspecified atom stereocenters. The fourth-order valence-electron chi connectivity index (χ4n) is 2.84. The van der Waals surface area contributed by atoms with Gasteiger partial charge in [-0.3, -0.25) is 9.48 Å². The summed E-state index contributed by atoms with van der Waals surface area (Å²) in [4.78, 5) is 29.5. The van der Waals surface area contributed by atoms with Crippen LogP contribution >= 0.6 is 11.6 Å². The number of carbonyl (C=O) groups is 2. The molecule has 1 aromatic carbocycles. The Balaban J connectivity index is 1.89. The second-order valence-electron chi connectivity index (χ2n) is 6.46. The number of urea groups is 1. The molecule has 3 amide bonds. The number of rotatable bonds is 5. The third kappa shape index (κ3) is 3.77. The molecule has 0 saturated heterocycles. The topological polar surface area (TPSA) is 89.4 Å². The molecule has 2 aromatic heterocycles. The number of nitrogens with one attached hydrogen (secondary N) is 1. The van der Waals surface area contributed by atoms with Gasteiger partial charge in [0.2, 0.25) is 6.41 Å². The fourth-order valence-corrected chi connectivity index (χ4v) is 3.15. The number of aryl methyl sites for hydroxylation is 2. The van der Waals surface area contributed by atoms with Crippen LogP contribution in [0.25, 0.3) is 11.0 Å². The van der Waals surface area contributed by atoms with Gasteiger partial charge in [-0.2, -0.15) is 5.10 Å². The number of imide groups is 1. The van der Waals surface area contributed by atoms with E-state index in [1.165, 1.54) is 6.20 Å². The Labute approximate surface area is 167 Å². The summed E-state index contributed by atoms with van der Waals surface area (Å²) >= 11 is 6.45. The van der Waals surface area contributed by atoms with E-state index in [9.17, 15) is 9.59 Å². The minimum atomic E-state index is -0.665. The summed E-state index contributed by atoms with van der Waals surface area (Å²) in [5.41, 5.74) is 1.95. The predicted octanol–water partition coefficient (Wildman–Crippen LogP) is 3.91. The van der Waals surface area contributed by atoms with Gasteiger partial charge in [0.25, 0.3) is 0 Å². The Morgan fingerprint density at radius 1 is 1.39 bits per heavy atom. The molecule has 0 spiro atoms. The number of hydrogen-bond donors (Lipinski definition) is 1. The predicted molar refractivity (Wildman–Crippen MR) is 108 cm³/mol. The lowest BCUT2D eigenvalue weighted by atomic mass is 10.2. The molecule has 0 fully saturated rings. The van der Waals surface area contributed by atoms with Crippen molar-refractivity contribution in [2.24, 2.45) is 7.05 Å². The normalized spacial score (nSPS) is 10.9. The number of ether oxygens (including phenoxy) is 1. The van der Waals surface area contributed by atoms with E-state index < -0.39 is 6.03 Å². The maximum Gasteiger partial charge on any atom is 0.333 e. The number of hydrogen-bond acceptors (Lipinski definition) is 5. The number of pyridine rings is 1. The van der Waals surface area contributed by atoms with Gasteiger partial charge < -0.3 is 10.1 Å². The quantitative estimate of drug-likeness (QED) is 0.654. The Bertz CT molecular complexity index is 1050. The Kier molecular flexibility index (Phi) is 5.51. The van der Waals surface area contributed by atoms with Crippen LogP contribution < -0.4 is 15.0 Å². The smallest absolute Gasteiger partial charge is 0.333 e. The van der Waals surface area contributed by atoms with Crippen molar-refractivity contribution in [3.05, 3.63) is 41.2 Å². The largest absolute Gasteiger partial charge is 0.491 e. The van der Waals surface area contributed by atoms with Crippen LogP contribution in [0.1, 0.15) is 19.5 Å². The third-order valence-corrected chi connectivity index (χ3v) is 4.39. The van der Waals surface area contributed by atoms with Gasteiger partial charge in [0, 0.05) is 13.1 Å². The molecule has 146 valence electrons. The summed E-state index contributed by atoms with van der Waals surface area (Å²) in [7, 11) is 1.76. The molecule has 1 N–H and O–H groups in total. The summed E-state index contributed by atoms with van der Waals surface area (Å²) in [5.74, 6) is 0.555. The highest BCUT2D eigenvalue weighted by Gasteiger charge is 2.20. The van der Waals surface area contributed by atoms with Crippen LogP contribution in [0, 0.1) is 6.92 Å². The number of anilines is 2. The van der Waals surface area contributed by atoms with Gasteiger partial charge >= 0.3 is 6.03 Å². The zero-order valence-electron chi connectivity index (χ0n) is 15.9. The second kappa shape index (κ2) is 7.85. The zero-order chi connectivity index (χ0) is 20.4. The molecular formula is C19H20ClN5O3. The Hall–Kier alpha value is -3.13. The van der Waals surface area contributed by atoms with Crippen molar-refractivity contribution in [2.75, 3.05) is 10.2 Å². The summed E-state index contributed by atoms with van der Waals surface area (Å²) in [6, 6.07) is 6.04. The molecule has 8 nitrogen and oxygen atoms in total. The number of benzene rings is 1. The van der Waals surface area contributed by atoms with E-state index >= 15 is 0 Å². The van der Waals surface area contributed by atoms with E-state index in [1.807, 2.05) is 13.8 Å². The van der Waals surface area contributed by atoms with Gasteiger partial charge in [0.05, 0.1) is 39.8 Å². The first-order valence-electron chi connectivity index (χ1n) is 8.62. The number of nitrogens with zero attached hydrogens (tertiary/aromatic N) is 4. The van der Waals surface area contributed by atoms with Crippen LogP contribution in [0.15, 0.2) is 30.5 Å². The van der Waals surface area contributed by atoms with Crippen molar-refractivity contribution >= 4 is 46.5 Å². The number of halogens is 1. The fraction of sp³-hybridized carbons (Fsp3) is 0.263. The molecule has 2 heterocycles. The molecule has 0 aliphatic heterocycles. The van der Waals surface area contributed by atoms with Gasteiger partial charge in [-0.15, -0.1) is 0 Å². The lowest BCUT2D eigenvalue weighted by Crippen LogP contribution is -2.33. The SMILES string of the molecule is Cc1nn(C)c2ncc(NC(=O)N(C=O)c3cccc(OC(C)C)c3)c(Cl)c12. The zero-order valence-corrected chi connectivity index (χ0v) is 16.7. The van der Waals surface area contributed by atoms with Crippen molar-refractivity contribution < 1.29 is 14.3 Å². The maximum absolute atomic E-state index is 12.7. The molecule has 9 heteroatoms. The third-order valence-electron chi connectivity index (χ3n) is 4.00. The van der Waals surface area contributed by atoms with E-state index in [0.717, 1.165) is 4.90 Å². The van der Waals surface area contributed by atoms with Crippen LogP contribution in [-0.4, -0.2) is 33.3 Å². The highest BCUT2D eigenvalue weighted by molar-refractivity contribution is 6.38. The molecule has 0 aliphatic rings. The van der Waals surface area contributed by atoms with Crippen molar-refractivity contribution in [2.45, 2.75) is 26.9 Å². The summed E-state index contributed by atoms with van der Waals surface area (Å²) in [6.45, 7) is 5.59. The monoisotopic (exact) mass is 401 g/mol. The van der Waals surface area contributed by atoms with Crippen LogP contribution in [-0.2, 0) is 11.8 Å². The minimum Gasteiger partial charge on any atom is -0.491 e. The molecular weight excluding hydrogens is 382 g/mol. The number of amides is 3. The number of carbonyl (C=O) groups excluding carboxylic acids is 2. The molecule has 0 atom stereocenters. The van der Waals surface area contributed by atoms with Crippen molar-refractivity contribution in [1.29, 1.82) is 0 Å². The van der Waals surface area contributed by atoms with E-state index in [4.69, 9.17) is 16.3 Å². The summed E-state index contributed by atoms with van der Waals surface area (Å²) in [6.07, 6.45) is 1.83. The average Bonchev–Trinajstić information content (AvgIpc) is 2.92. The van der Waals surface area contributed by atoms with Gasteiger partial charge in [-0.25, -0.2) is 14.7 Å². The van der Waals surface area contributed by atoms with Crippen LogP contribution in [0.2, 0.25) is 5.02 Å². The van der Waals surface area contributed by atoms with Crippen molar-refractivity contribution in [3.8, 4) is 5.75 Å². The number of aromatic nitrogens is 3. The molecule has 0 aliphatic carbocycles. The van der Waals surface area contributed by atoms with Crippen molar-refractivity contribution in [1.82, 2.24) is 14.8 Å². The molecule has 0 radical (unpaired) electrons. The average molecular weight is 402 g/mol. The molecule has 28 heavy (non-hydrogen) atoms. The first-order valence-corrected chi connectivity index (χ1v) is 8.99. The summed E-state index contributed by atoms with van der Waals surface area (Å²) < 4.78 is 7.23. The second-order valence-corrected chi connectivity index (χ2v) is 6.84. The number of fused-ring (bicyclic) bond motifs is 1. The Morgan fingerprint density at radius 3 is 2.82 bits per heavy atom. The lowest BCUT2D eigenvalue weighted by molar-refractivity contribution is -0.106. The minimum absolute atomic E-state index is 0.0342. The van der Waals surface area contributed by atoms with E-state index in [1.54, 1.807) is 42.9 Å². The van der Waals surface area contributed by atoms with E-state index in [-0.39, 0.29) is 11.8 Å². The van der Waals surface area contributed by atoms with Crippen LogP contribution in [0.3, 0.4) is 0 Å². The molecule has 0 bridgehead atoms. The molecule has 3 rings (SSSR count). The first-order chi connectivity index (χ1) is 13.3. The maximum atomic E-state index is 12.7.